The zero-order chi connectivity index (χ0) is 21.5. The molecule has 0 fully saturated rings. The Bertz CT molecular complexity index is 398. The van der Waals surface area contributed by atoms with E-state index in [0.29, 0.717) is 21.7 Å². The normalized spacial score (nSPS) is 17.2. The summed E-state index contributed by atoms with van der Waals surface area (Å²) >= 11 is 0. The van der Waals surface area contributed by atoms with Gasteiger partial charge in [-0.25, -0.2) is 0 Å². The lowest BCUT2D eigenvalue weighted by Gasteiger charge is -2.54. The van der Waals surface area contributed by atoms with Crippen LogP contribution in [0.3, 0.4) is 0 Å². The number of unbranched alkanes of at least 4 members (excludes halogenated alkanes) is 2. The maximum absolute atomic E-state index is 2.60. The molecule has 2 atom stereocenters. The fourth-order valence-corrected chi connectivity index (χ4v) is 6.17. The molecule has 0 aromatic heterocycles. The Kier molecular flexibility index (Phi) is 10.7. The second-order valence-electron chi connectivity index (χ2n) is 12.3. The van der Waals surface area contributed by atoms with Crippen molar-refractivity contribution >= 4 is 0 Å². The van der Waals surface area contributed by atoms with Crippen molar-refractivity contribution in [3.8, 4) is 0 Å². The highest BCUT2D eigenvalue weighted by Crippen LogP contribution is 2.58. The van der Waals surface area contributed by atoms with E-state index in [1.165, 1.54) is 57.8 Å². The quantitative estimate of drug-likeness (QED) is 0.263. The summed E-state index contributed by atoms with van der Waals surface area (Å²) in [6.07, 6.45) is 12.2. The van der Waals surface area contributed by atoms with Crippen molar-refractivity contribution < 1.29 is 0 Å². The fourth-order valence-electron chi connectivity index (χ4n) is 6.17. The molecular weight excluding hydrogens is 324 g/mol. The molecule has 0 aliphatic heterocycles. The van der Waals surface area contributed by atoms with Crippen LogP contribution in [0.2, 0.25) is 0 Å². The van der Waals surface area contributed by atoms with Crippen molar-refractivity contribution in [2.24, 2.45) is 33.5 Å². The first-order valence-electron chi connectivity index (χ1n) is 12.2. The lowest BCUT2D eigenvalue weighted by atomic mass is 9.51. The summed E-state index contributed by atoms with van der Waals surface area (Å²) in [4.78, 5) is 0. The maximum atomic E-state index is 2.60. The summed E-state index contributed by atoms with van der Waals surface area (Å²) in [5.74, 6) is 1.51. The Morgan fingerprint density at radius 2 is 1.22 bits per heavy atom. The molecule has 0 N–H and O–H groups in total. The molecule has 0 saturated carbocycles. The molecule has 0 heterocycles. The van der Waals surface area contributed by atoms with E-state index in [0.717, 1.165) is 11.8 Å². The highest BCUT2D eigenvalue weighted by atomic mass is 14.5. The predicted octanol–water partition coefficient (Wildman–Crippen LogP) is 9.91. The van der Waals surface area contributed by atoms with E-state index in [4.69, 9.17) is 0 Å². The van der Waals surface area contributed by atoms with Gasteiger partial charge in [0.25, 0.3) is 0 Å². The van der Waals surface area contributed by atoms with Gasteiger partial charge in [-0.1, -0.05) is 109 Å². The minimum atomic E-state index is 0.367. The third kappa shape index (κ3) is 7.74. The van der Waals surface area contributed by atoms with Gasteiger partial charge in [0.15, 0.2) is 0 Å². The van der Waals surface area contributed by atoms with E-state index in [1.54, 1.807) is 0 Å². The van der Waals surface area contributed by atoms with Gasteiger partial charge in [-0.05, 0) is 65.6 Å². The predicted molar refractivity (Wildman–Crippen MR) is 126 cm³/mol. The molecule has 0 bridgehead atoms. The first kappa shape index (κ1) is 27.0. The van der Waals surface area contributed by atoms with E-state index < -0.39 is 0 Å². The highest BCUT2D eigenvalue weighted by molar-refractivity contribution is 4.98. The van der Waals surface area contributed by atoms with Crippen LogP contribution in [0.5, 0.6) is 0 Å². The van der Waals surface area contributed by atoms with Gasteiger partial charge in [-0.3, -0.25) is 0 Å². The summed E-state index contributed by atoms with van der Waals surface area (Å²) < 4.78 is 0. The third-order valence-electron chi connectivity index (χ3n) is 8.25. The molecule has 0 aliphatic carbocycles. The van der Waals surface area contributed by atoms with Crippen molar-refractivity contribution in [2.75, 3.05) is 0 Å². The van der Waals surface area contributed by atoms with Crippen LogP contribution in [0, 0.1) is 33.5 Å². The van der Waals surface area contributed by atoms with Crippen LogP contribution in [0.1, 0.15) is 141 Å². The minimum absolute atomic E-state index is 0.367. The minimum Gasteiger partial charge on any atom is -0.0654 e. The van der Waals surface area contributed by atoms with Crippen molar-refractivity contribution in [1.29, 1.82) is 0 Å². The molecule has 0 heteroatoms. The molecule has 0 aliphatic rings. The van der Waals surface area contributed by atoms with Crippen LogP contribution in [-0.2, 0) is 0 Å². The zero-order valence-electron chi connectivity index (χ0n) is 21.5. The third-order valence-corrected chi connectivity index (χ3v) is 8.25. The molecule has 27 heavy (non-hydrogen) atoms. The van der Waals surface area contributed by atoms with Crippen molar-refractivity contribution in [2.45, 2.75) is 141 Å². The topological polar surface area (TPSA) is 0 Å². The molecule has 164 valence electrons. The van der Waals surface area contributed by atoms with E-state index in [-0.39, 0.29) is 0 Å². The number of hydrogen-bond acceptors (Lipinski definition) is 0. The van der Waals surface area contributed by atoms with Crippen molar-refractivity contribution in [3.05, 3.63) is 0 Å². The van der Waals surface area contributed by atoms with E-state index in [9.17, 15) is 0 Å². The average Bonchev–Trinajstić information content (AvgIpc) is 2.52. The van der Waals surface area contributed by atoms with E-state index in [1.807, 2.05) is 0 Å². The summed E-state index contributed by atoms with van der Waals surface area (Å²) in [5, 5.41) is 0. The second kappa shape index (κ2) is 10.7. The van der Waals surface area contributed by atoms with Crippen molar-refractivity contribution in [1.82, 2.24) is 0 Å². The van der Waals surface area contributed by atoms with Gasteiger partial charge < -0.3 is 0 Å². The first-order valence-corrected chi connectivity index (χ1v) is 12.2. The van der Waals surface area contributed by atoms with Gasteiger partial charge >= 0.3 is 0 Å². The summed E-state index contributed by atoms with van der Waals surface area (Å²) in [6.45, 7) is 29.8. The molecule has 0 spiro atoms. The maximum Gasteiger partial charge on any atom is -0.0244 e. The molecule has 0 amide bonds. The number of rotatable bonds is 14. The van der Waals surface area contributed by atoms with Gasteiger partial charge in [0.05, 0.1) is 0 Å². The number of hydrogen-bond donors (Lipinski definition) is 0. The van der Waals surface area contributed by atoms with Crippen LogP contribution < -0.4 is 0 Å². The Morgan fingerprint density at radius 1 is 0.667 bits per heavy atom. The van der Waals surface area contributed by atoms with Crippen LogP contribution in [0.15, 0.2) is 0 Å². The molecule has 0 aromatic carbocycles. The van der Waals surface area contributed by atoms with Gasteiger partial charge in [-0.15, -0.1) is 0 Å². The lowest BCUT2D eigenvalue weighted by molar-refractivity contribution is -0.0420. The van der Waals surface area contributed by atoms with Gasteiger partial charge in [-0.2, -0.15) is 0 Å². The first-order chi connectivity index (χ1) is 12.2. The zero-order valence-corrected chi connectivity index (χ0v) is 21.5. The molecule has 0 nitrogen and oxygen atoms in total. The van der Waals surface area contributed by atoms with Gasteiger partial charge in [0.1, 0.15) is 0 Å². The summed E-state index contributed by atoms with van der Waals surface area (Å²) in [6, 6.07) is 0. The molecule has 0 saturated heterocycles. The highest BCUT2D eigenvalue weighted by Gasteiger charge is 2.48. The summed E-state index contributed by atoms with van der Waals surface area (Å²) in [5.41, 5.74) is 1.65. The SMILES string of the molecule is CCCCCC(C)(C)CC(CC)(CCC)C(C)(C)CC(C)(C)C(C)C(C)C. The molecule has 0 radical (unpaired) electrons. The Morgan fingerprint density at radius 3 is 1.63 bits per heavy atom. The average molecular weight is 381 g/mol. The standard InChI is InChI=1S/C27H56/c1-13-16-17-19-24(7,8)20-27(15-3,18-14-2)26(11,12)21-25(9,10)23(6)22(4)5/h22-23H,13-21H2,1-12H3. The Hall–Kier alpha value is 0. The fraction of sp³-hybridized carbons (Fsp3) is 1.00. The summed E-state index contributed by atoms with van der Waals surface area (Å²) in [7, 11) is 0. The van der Waals surface area contributed by atoms with Crippen LogP contribution >= 0.6 is 0 Å². The van der Waals surface area contributed by atoms with Crippen LogP contribution in [0.4, 0.5) is 0 Å². The Balaban J connectivity index is 5.67. The largest absolute Gasteiger partial charge is 0.0654 e. The monoisotopic (exact) mass is 380 g/mol. The molecular formula is C27H56. The van der Waals surface area contributed by atoms with Crippen molar-refractivity contribution in [3.63, 3.8) is 0 Å². The van der Waals surface area contributed by atoms with Gasteiger partial charge in [0, 0.05) is 0 Å². The van der Waals surface area contributed by atoms with E-state index in [2.05, 4.69) is 83.1 Å². The second-order valence-corrected chi connectivity index (χ2v) is 12.3. The van der Waals surface area contributed by atoms with Crippen LogP contribution in [0.25, 0.3) is 0 Å². The smallest absolute Gasteiger partial charge is 0.0244 e. The lowest BCUT2D eigenvalue weighted by Crippen LogP contribution is -2.45. The molecule has 0 aromatic rings. The van der Waals surface area contributed by atoms with Gasteiger partial charge in [0.2, 0.25) is 0 Å². The molecule has 0 rings (SSSR count). The van der Waals surface area contributed by atoms with E-state index >= 15 is 0 Å². The Labute approximate surface area is 174 Å². The van der Waals surface area contributed by atoms with Crippen LogP contribution in [-0.4, -0.2) is 0 Å². The molecule has 2 unspecified atom stereocenters.